The number of amides is 1. The number of aryl methyl sites for hydroxylation is 3. The van der Waals surface area contributed by atoms with Gasteiger partial charge in [-0.1, -0.05) is 30.8 Å². The van der Waals surface area contributed by atoms with Crippen molar-refractivity contribution in [2.75, 3.05) is 11.6 Å². The van der Waals surface area contributed by atoms with Gasteiger partial charge >= 0.3 is 0 Å². The number of nitrogens with zero attached hydrogens (tertiary/aromatic N) is 4. The molecule has 1 N–H and O–H groups in total. The molecule has 0 spiro atoms. The van der Waals surface area contributed by atoms with Gasteiger partial charge in [0.1, 0.15) is 0 Å². The van der Waals surface area contributed by atoms with Crippen molar-refractivity contribution in [2.45, 2.75) is 45.2 Å². The maximum Gasteiger partial charge on any atom is 0.253 e. The van der Waals surface area contributed by atoms with E-state index in [0.717, 1.165) is 29.1 Å². The first-order valence-electron chi connectivity index (χ1n) is 8.67. The summed E-state index contributed by atoms with van der Waals surface area (Å²) >= 11 is 1.49. The maximum absolute atomic E-state index is 12.4. The SMILES string of the molecule is CCc1cccc(NC(=O)CCc2c(C)nc3nc(SC)nn3c2C)c1. The van der Waals surface area contributed by atoms with Crippen molar-refractivity contribution in [2.24, 2.45) is 0 Å². The Labute approximate surface area is 157 Å². The Balaban J connectivity index is 1.73. The van der Waals surface area contributed by atoms with Gasteiger partial charge in [-0.05, 0) is 56.2 Å². The smallest absolute Gasteiger partial charge is 0.253 e. The molecular weight excluding hydrogens is 346 g/mol. The maximum atomic E-state index is 12.4. The number of rotatable bonds is 6. The molecule has 0 saturated carbocycles. The second-order valence-corrected chi connectivity index (χ2v) is 6.95. The molecule has 0 fully saturated rings. The lowest BCUT2D eigenvalue weighted by atomic mass is 10.1. The van der Waals surface area contributed by atoms with E-state index >= 15 is 0 Å². The topological polar surface area (TPSA) is 72.2 Å². The molecule has 3 aromatic rings. The average molecular weight is 369 g/mol. The Morgan fingerprint density at radius 2 is 2.08 bits per heavy atom. The zero-order chi connectivity index (χ0) is 18.7. The average Bonchev–Trinajstić information content (AvgIpc) is 3.05. The molecular formula is C19H23N5OS. The zero-order valence-corrected chi connectivity index (χ0v) is 16.4. The number of carbonyl (C=O) groups excluding carboxylic acids is 1. The number of benzene rings is 1. The molecule has 0 aliphatic heterocycles. The van der Waals surface area contributed by atoms with Gasteiger partial charge in [-0.25, -0.2) is 9.50 Å². The highest BCUT2D eigenvalue weighted by Crippen LogP contribution is 2.18. The molecule has 7 heteroatoms. The van der Waals surface area contributed by atoms with Gasteiger partial charge in [-0.3, -0.25) is 4.79 Å². The molecule has 0 saturated heterocycles. The predicted octanol–water partition coefficient (Wildman–Crippen LogP) is 3.60. The first-order valence-corrected chi connectivity index (χ1v) is 9.90. The van der Waals surface area contributed by atoms with E-state index in [1.165, 1.54) is 17.3 Å². The Hall–Kier alpha value is -2.41. The Kier molecular flexibility index (Phi) is 5.56. The predicted molar refractivity (Wildman–Crippen MR) is 105 cm³/mol. The van der Waals surface area contributed by atoms with Crippen molar-refractivity contribution >= 4 is 29.1 Å². The van der Waals surface area contributed by atoms with Crippen molar-refractivity contribution in [3.05, 3.63) is 46.8 Å². The van der Waals surface area contributed by atoms with Crippen LogP contribution >= 0.6 is 11.8 Å². The number of carbonyl (C=O) groups is 1. The van der Waals surface area contributed by atoms with Crippen LogP contribution < -0.4 is 5.32 Å². The molecule has 0 unspecified atom stereocenters. The van der Waals surface area contributed by atoms with Gasteiger partial charge < -0.3 is 5.32 Å². The molecule has 2 aromatic heterocycles. The summed E-state index contributed by atoms with van der Waals surface area (Å²) in [6.45, 7) is 6.05. The summed E-state index contributed by atoms with van der Waals surface area (Å²) in [6.07, 6.45) is 3.91. The van der Waals surface area contributed by atoms with E-state index in [0.29, 0.717) is 23.8 Å². The van der Waals surface area contributed by atoms with Gasteiger partial charge in [0.25, 0.3) is 5.78 Å². The summed E-state index contributed by atoms with van der Waals surface area (Å²) < 4.78 is 1.76. The van der Waals surface area contributed by atoms with Crippen LogP contribution in [0.1, 0.15) is 35.9 Å². The molecule has 2 heterocycles. The monoisotopic (exact) mass is 369 g/mol. The van der Waals surface area contributed by atoms with Crippen molar-refractivity contribution in [3.8, 4) is 0 Å². The van der Waals surface area contributed by atoms with E-state index in [9.17, 15) is 4.79 Å². The molecule has 1 aromatic carbocycles. The summed E-state index contributed by atoms with van der Waals surface area (Å²) in [4.78, 5) is 21.3. The summed E-state index contributed by atoms with van der Waals surface area (Å²) in [5, 5.41) is 8.13. The van der Waals surface area contributed by atoms with Gasteiger partial charge in [-0.2, -0.15) is 4.98 Å². The minimum atomic E-state index is 0.000503. The van der Waals surface area contributed by atoms with Crippen LogP contribution in [-0.4, -0.2) is 31.7 Å². The first kappa shape index (κ1) is 18.4. The van der Waals surface area contributed by atoms with Gasteiger partial charge in [0, 0.05) is 23.5 Å². The first-order chi connectivity index (χ1) is 12.5. The molecule has 3 rings (SSSR count). The van der Waals surface area contributed by atoms with Crippen LogP contribution in [0.25, 0.3) is 5.78 Å². The number of aromatic nitrogens is 4. The van der Waals surface area contributed by atoms with E-state index in [-0.39, 0.29) is 5.91 Å². The number of hydrogen-bond acceptors (Lipinski definition) is 5. The van der Waals surface area contributed by atoms with Crippen LogP contribution in [0.15, 0.2) is 29.4 Å². The molecule has 6 nitrogen and oxygen atoms in total. The second-order valence-electron chi connectivity index (χ2n) is 6.17. The second kappa shape index (κ2) is 7.86. The van der Waals surface area contributed by atoms with Gasteiger partial charge in [-0.15, -0.1) is 5.10 Å². The molecule has 0 aliphatic rings. The van der Waals surface area contributed by atoms with Gasteiger partial charge in [0.05, 0.1) is 0 Å². The highest BCUT2D eigenvalue weighted by Gasteiger charge is 2.14. The third-order valence-electron chi connectivity index (χ3n) is 4.43. The molecule has 136 valence electrons. The minimum absolute atomic E-state index is 0.000503. The fourth-order valence-corrected chi connectivity index (χ4v) is 3.31. The highest BCUT2D eigenvalue weighted by molar-refractivity contribution is 7.98. The molecule has 0 atom stereocenters. The Bertz CT molecular complexity index is 950. The lowest BCUT2D eigenvalue weighted by molar-refractivity contribution is -0.116. The summed E-state index contributed by atoms with van der Waals surface area (Å²) in [7, 11) is 0. The summed E-state index contributed by atoms with van der Waals surface area (Å²) in [5.74, 6) is 0.606. The van der Waals surface area contributed by atoms with Crippen LogP contribution in [0.4, 0.5) is 5.69 Å². The minimum Gasteiger partial charge on any atom is -0.326 e. The Morgan fingerprint density at radius 3 is 2.81 bits per heavy atom. The molecule has 0 bridgehead atoms. The van der Waals surface area contributed by atoms with E-state index < -0.39 is 0 Å². The lowest BCUT2D eigenvalue weighted by Crippen LogP contribution is -2.14. The van der Waals surface area contributed by atoms with Crippen molar-refractivity contribution < 1.29 is 4.79 Å². The number of anilines is 1. The van der Waals surface area contributed by atoms with E-state index in [1.807, 2.05) is 38.3 Å². The van der Waals surface area contributed by atoms with Crippen LogP contribution in [0.5, 0.6) is 0 Å². The standard InChI is InChI=1S/C19H23N5OS/c1-5-14-7-6-8-15(11-14)21-17(25)10-9-16-12(2)20-18-22-19(26-4)23-24(18)13(16)3/h6-8,11H,5,9-10H2,1-4H3,(H,21,25). The van der Waals surface area contributed by atoms with E-state index in [2.05, 4.69) is 33.4 Å². The fourth-order valence-electron chi connectivity index (χ4n) is 2.97. The largest absolute Gasteiger partial charge is 0.326 e. The third-order valence-corrected chi connectivity index (χ3v) is 4.97. The molecule has 0 radical (unpaired) electrons. The van der Waals surface area contributed by atoms with Crippen molar-refractivity contribution in [1.29, 1.82) is 0 Å². The third kappa shape index (κ3) is 3.88. The van der Waals surface area contributed by atoms with Crippen molar-refractivity contribution in [3.63, 3.8) is 0 Å². The highest BCUT2D eigenvalue weighted by atomic mass is 32.2. The van der Waals surface area contributed by atoms with E-state index in [4.69, 9.17) is 0 Å². The zero-order valence-electron chi connectivity index (χ0n) is 15.5. The van der Waals surface area contributed by atoms with Gasteiger partial charge in [0.15, 0.2) is 0 Å². The van der Waals surface area contributed by atoms with E-state index in [1.54, 1.807) is 4.52 Å². The molecule has 26 heavy (non-hydrogen) atoms. The van der Waals surface area contributed by atoms with Crippen LogP contribution in [0, 0.1) is 13.8 Å². The number of hydrogen-bond donors (Lipinski definition) is 1. The molecule has 0 aliphatic carbocycles. The van der Waals surface area contributed by atoms with Crippen LogP contribution in [-0.2, 0) is 17.6 Å². The lowest BCUT2D eigenvalue weighted by Gasteiger charge is -2.11. The van der Waals surface area contributed by atoms with Crippen LogP contribution in [0.3, 0.4) is 0 Å². The quantitative estimate of drug-likeness (QED) is 0.672. The number of nitrogens with one attached hydrogen (secondary N) is 1. The number of fused-ring (bicyclic) bond motifs is 1. The van der Waals surface area contributed by atoms with Crippen LogP contribution in [0.2, 0.25) is 0 Å². The normalized spacial score (nSPS) is 11.1. The Morgan fingerprint density at radius 1 is 1.27 bits per heavy atom. The fraction of sp³-hybridized carbons (Fsp3) is 0.368. The summed E-state index contributed by atoms with van der Waals surface area (Å²) in [5.41, 5.74) is 4.99. The number of thioether (sulfide) groups is 1. The van der Waals surface area contributed by atoms with Gasteiger partial charge in [0.2, 0.25) is 11.1 Å². The summed E-state index contributed by atoms with van der Waals surface area (Å²) in [6, 6.07) is 7.96. The molecule has 1 amide bonds. The van der Waals surface area contributed by atoms with Crippen molar-refractivity contribution in [1.82, 2.24) is 19.6 Å².